The van der Waals surface area contributed by atoms with Crippen LogP contribution >= 0.6 is 0 Å². The Hall–Kier alpha value is -3.04. The molecule has 1 aromatic heterocycles. The molecule has 0 fully saturated rings. The second kappa shape index (κ2) is 12.1. The van der Waals surface area contributed by atoms with Crippen LogP contribution in [-0.4, -0.2) is 23.1 Å². The molecule has 0 spiro atoms. The molecule has 176 valence electrons. The normalized spacial score (nSPS) is 10.6. The third kappa shape index (κ3) is 6.35. The molecule has 3 aromatic carbocycles. The van der Waals surface area contributed by atoms with Crippen LogP contribution in [0.4, 0.5) is 5.69 Å². The van der Waals surface area contributed by atoms with Crippen molar-refractivity contribution in [1.29, 1.82) is 0 Å². The molecule has 35 heavy (non-hydrogen) atoms. The summed E-state index contributed by atoms with van der Waals surface area (Å²) in [6.07, 6.45) is 0. The van der Waals surface area contributed by atoms with Crippen molar-refractivity contribution in [2.45, 2.75) is 26.9 Å². The first kappa shape index (κ1) is 26.6. The van der Waals surface area contributed by atoms with E-state index >= 15 is 0 Å². The fourth-order valence-corrected chi connectivity index (χ4v) is 3.86. The Morgan fingerprint density at radius 1 is 0.971 bits per heavy atom. The maximum absolute atomic E-state index is 11.5. The van der Waals surface area contributed by atoms with E-state index in [4.69, 9.17) is 14.4 Å². The van der Waals surface area contributed by atoms with Gasteiger partial charge < -0.3 is 24.7 Å². The standard InChI is InChI=1S/C26H27N3O5.Na/c1-17-20(5-3-6-22(17)23-7-4-8-24(18(23)2)33-14-13-30)15-27-21-11-9-19(10-12-21)16-29-25(31)28-26(32)34-29;/h3-12,27,30H,13-16H2,1-2H3,(H,28,31,32);/q;+1/p-1. The van der Waals surface area contributed by atoms with E-state index in [2.05, 4.69) is 35.4 Å². The maximum Gasteiger partial charge on any atom is 1.00 e. The second-order valence-electron chi connectivity index (χ2n) is 7.93. The maximum atomic E-state index is 11.5. The number of nitrogens with zero attached hydrogens (tertiary/aromatic N) is 2. The molecule has 0 saturated heterocycles. The molecule has 0 atom stereocenters. The molecule has 8 nitrogen and oxygen atoms in total. The molecule has 4 aromatic rings. The van der Waals surface area contributed by atoms with Crippen LogP contribution in [0.1, 0.15) is 22.3 Å². The van der Waals surface area contributed by atoms with E-state index in [9.17, 15) is 9.59 Å². The van der Waals surface area contributed by atoms with Crippen LogP contribution in [-0.2, 0) is 13.1 Å². The van der Waals surface area contributed by atoms with Crippen molar-refractivity contribution in [3.8, 4) is 16.9 Å². The van der Waals surface area contributed by atoms with Gasteiger partial charge in [0.2, 0.25) is 0 Å². The van der Waals surface area contributed by atoms with Gasteiger partial charge in [0.05, 0.1) is 6.61 Å². The first-order valence-corrected chi connectivity index (χ1v) is 11.0. The summed E-state index contributed by atoms with van der Waals surface area (Å²) in [7, 11) is 0. The predicted octanol–water partition coefficient (Wildman–Crippen LogP) is 0.0780. The van der Waals surface area contributed by atoms with Gasteiger partial charge in [-0.1, -0.05) is 42.5 Å². The van der Waals surface area contributed by atoms with Gasteiger partial charge in [-0.2, -0.15) is 0 Å². The number of rotatable bonds is 9. The summed E-state index contributed by atoms with van der Waals surface area (Å²) in [5.41, 5.74) is 6.67. The molecule has 1 heterocycles. The summed E-state index contributed by atoms with van der Waals surface area (Å²) in [6.45, 7) is 5.16. The summed E-state index contributed by atoms with van der Waals surface area (Å²) in [5, 5.41) is 12.5. The predicted molar refractivity (Wildman–Crippen MR) is 129 cm³/mol. The number of ether oxygens (including phenoxy) is 1. The van der Waals surface area contributed by atoms with E-state index in [0.717, 1.165) is 38.4 Å². The van der Waals surface area contributed by atoms with Crippen molar-refractivity contribution in [1.82, 2.24) is 9.72 Å². The molecule has 0 aliphatic rings. The third-order valence-electron chi connectivity index (χ3n) is 5.72. The molecular formula is C26H26N3NaO5. The van der Waals surface area contributed by atoms with Crippen molar-refractivity contribution >= 4 is 5.69 Å². The number of aliphatic hydroxyl groups is 1. The molecular weight excluding hydrogens is 457 g/mol. The minimum atomic E-state index is -0.888. The topological polar surface area (TPSA) is 108 Å². The molecule has 0 aliphatic heterocycles. The summed E-state index contributed by atoms with van der Waals surface area (Å²) in [4.78, 5) is 25.8. The molecule has 0 saturated carbocycles. The Morgan fingerprint density at radius 3 is 2.31 bits per heavy atom. The third-order valence-corrected chi connectivity index (χ3v) is 5.72. The van der Waals surface area contributed by atoms with Crippen molar-refractivity contribution < 1.29 is 43.9 Å². The molecule has 0 amide bonds. The number of benzene rings is 3. The second-order valence-corrected chi connectivity index (χ2v) is 7.93. The SMILES string of the molecule is Cc1c(CNc2ccc(Cn3oc(=O)[n-]c3=O)cc2)cccc1-c1cccc(OCCO)c1C.[Na+]. The van der Waals surface area contributed by atoms with Gasteiger partial charge in [-0.3, -0.25) is 9.53 Å². The van der Waals surface area contributed by atoms with Crippen LogP contribution in [0.15, 0.2) is 74.8 Å². The van der Waals surface area contributed by atoms with Gasteiger partial charge in [0, 0.05) is 18.8 Å². The average Bonchev–Trinajstić information content (AvgIpc) is 3.15. The van der Waals surface area contributed by atoms with Crippen LogP contribution in [0.3, 0.4) is 0 Å². The molecule has 0 radical (unpaired) electrons. The fraction of sp³-hybridized carbons (Fsp3) is 0.231. The van der Waals surface area contributed by atoms with Crippen LogP contribution in [0.5, 0.6) is 5.75 Å². The number of anilines is 1. The number of aromatic nitrogens is 2. The monoisotopic (exact) mass is 483 g/mol. The summed E-state index contributed by atoms with van der Waals surface area (Å²) in [5.74, 6) is -0.117. The van der Waals surface area contributed by atoms with E-state index in [1.807, 2.05) is 49.4 Å². The van der Waals surface area contributed by atoms with Gasteiger partial charge in [-0.05, 0) is 65.4 Å². The largest absolute Gasteiger partial charge is 1.00 e. The van der Waals surface area contributed by atoms with Gasteiger partial charge in [0.1, 0.15) is 12.4 Å². The van der Waals surface area contributed by atoms with E-state index in [0.29, 0.717) is 6.54 Å². The minimum Gasteiger partial charge on any atom is -0.491 e. The molecule has 0 aliphatic carbocycles. The Balaban J connectivity index is 0.00000342. The molecule has 0 unspecified atom stereocenters. The van der Waals surface area contributed by atoms with Crippen LogP contribution in [0.2, 0.25) is 0 Å². The fourth-order valence-electron chi connectivity index (χ4n) is 3.86. The Labute approximate surface area is 224 Å². The minimum absolute atomic E-state index is 0. The van der Waals surface area contributed by atoms with E-state index in [1.165, 1.54) is 11.1 Å². The van der Waals surface area contributed by atoms with E-state index in [1.54, 1.807) is 0 Å². The van der Waals surface area contributed by atoms with E-state index in [-0.39, 0.29) is 49.3 Å². The number of hydrogen-bond donors (Lipinski definition) is 2. The molecule has 9 heteroatoms. The Morgan fingerprint density at radius 2 is 1.66 bits per heavy atom. The van der Waals surface area contributed by atoms with Crippen molar-refractivity contribution in [3.63, 3.8) is 0 Å². The zero-order valence-electron chi connectivity index (χ0n) is 20.1. The van der Waals surface area contributed by atoms with E-state index < -0.39 is 11.4 Å². The Bertz CT molecular complexity index is 1390. The van der Waals surface area contributed by atoms with Crippen LogP contribution in [0, 0.1) is 13.8 Å². The Kier molecular flexibility index (Phi) is 9.17. The number of hydrogen-bond acceptors (Lipinski definition) is 6. The van der Waals surface area contributed by atoms with Crippen molar-refractivity contribution in [3.05, 3.63) is 104 Å². The van der Waals surface area contributed by atoms with Gasteiger partial charge in [-0.25, -0.2) is 4.79 Å². The van der Waals surface area contributed by atoms with Gasteiger partial charge in [0.25, 0.3) is 0 Å². The smallest absolute Gasteiger partial charge is 0.491 e. The summed E-state index contributed by atoms with van der Waals surface area (Å²) < 4.78 is 11.4. The first-order chi connectivity index (χ1) is 16.5. The van der Waals surface area contributed by atoms with Gasteiger partial charge >= 0.3 is 35.3 Å². The molecule has 2 N–H and O–H groups in total. The van der Waals surface area contributed by atoms with Crippen LogP contribution < -0.4 is 56.0 Å². The first-order valence-electron chi connectivity index (χ1n) is 11.0. The quantitative estimate of drug-likeness (QED) is 0.325. The molecule has 0 bridgehead atoms. The van der Waals surface area contributed by atoms with Gasteiger partial charge in [-0.15, -0.1) is 0 Å². The van der Waals surface area contributed by atoms with Crippen molar-refractivity contribution in [2.24, 2.45) is 0 Å². The summed E-state index contributed by atoms with van der Waals surface area (Å²) in [6, 6.07) is 19.8. The average molecular weight is 484 g/mol. The number of aliphatic hydroxyl groups excluding tert-OH is 1. The van der Waals surface area contributed by atoms with Gasteiger partial charge in [0.15, 0.2) is 5.69 Å². The zero-order valence-corrected chi connectivity index (χ0v) is 22.1. The van der Waals surface area contributed by atoms with Crippen LogP contribution in [0.25, 0.3) is 11.1 Å². The zero-order chi connectivity index (χ0) is 24.1. The molecule has 4 rings (SSSR count). The van der Waals surface area contributed by atoms with Crippen molar-refractivity contribution in [2.75, 3.05) is 18.5 Å². The number of nitrogens with one attached hydrogen (secondary N) is 1. The summed E-state index contributed by atoms with van der Waals surface area (Å²) >= 11 is 0.